The lowest BCUT2D eigenvalue weighted by atomic mass is 9.89. The molecular weight excluding hydrogens is 266 g/mol. The third-order valence-electron chi connectivity index (χ3n) is 3.08. The molecular formula is C13H14ClN3O2. The highest BCUT2D eigenvalue weighted by Gasteiger charge is 2.33. The molecule has 3 rings (SSSR count). The summed E-state index contributed by atoms with van der Waals surface area (Å²) in [6, 6.07) is 7.78. The number of nitrogens with zero attached hydrogens (tertiary/aromatic N) is 2. The molecule has 0 bridgehead atoms. The van der Waals surface area contributed by atoms with Crippen molar-refractivity contribution in [2.45, 2.75) is 6.92 Å². The molecule has 1 N–H and O–H groups in total. The molecule has 1 saturated heterocycles. The predicted octanol–water partition coefficient (Wildman–Crippen LogP) is 2.84. The van der Waals surface area contributed by atoms with Crippen LogP contribution in [0.15, 0.2) is 28.8 Å². The number of benzene rings is 1. The Morgan fingerprint density at radius 1 is 1.42 bits per heavy atom. The molecule has 0 radical (unpaired) electrons. The Kier molecular flexibility index (Phi) is 3.16. The van der Waals surface area contributed by atoms with E-state index in [1.54, 1.807) is 6.07 Å². The molecule has 0 aliphatic carbocycles. The van der Waals surface area contributed by atoms with Crippen molar-refractivity contribution < 1.29 is 9.26 Å². The molecule has 0 atom stereocenters. The Labute approximate surface area is 115 Å². The van der Waals surface area contributed by atoms with Gasteiger partial charge in [-0.25, -0.2) is 0 Å². The van der Waals surface area contributed by atoms with E-state index < -0.39 is 0 Å². The monoisotopic (exact) mass is 279 g/mol. The van der Waals surface area contributed by atoms with Gasteiger partial charge in [0.05, 0.1) is 13.2 Å². The standard InChI is InChI=1S/C13H14ClN3O2/c1-13(7-18-8-13)6-15-12-16-11(17-19-12)9-3-2-4-10(14)5-9/h2-5H,6-8H2,1H3,(H,15,16,17). The molecule has 2 aromatic rings. The van der Waals surface area contributed by atoms with Crippen LogP contribution in [0.25, 0.3) is 11.4 Å². The summed E-state index contributed by atoms with van der Waals surface area (Å²) in [5.41, 5.74) is 0.993. The summed E-state index contributed by atoms with van der Waals surface area (Å²) < 4.78 is 10.4. The fraction of sp³-hybridized carbons (Fsp3) is 0.385. The molecule has 1 aliphatic rings. The van der Waals surface area contributed by atoms with Crippen LogP contribution in [0.4, 0.5) is 6.01 Å². The number of aromatic nitrogens is 2. The van der Waals surface area contributed by atoms with E-state index in [1.165, 1.54) is 0 Å². The molecule has 19 heavy (non-hydrogen) atoms. The number of anilines is 1. The molecule has 6 heteroatoms. The number of hydrogen-bond donors (Lipinski definition) is 1. The maximum atomic E-state index is 5.93. The van der Waals surface area contributed by atoms with E-state index in [2.05, 4.69) is 22.4 Å². The molecule has 5 nitrogen and oxygen atoms in total. The number of nitrogens with one attached hydrogen (secondary N) is 1. The summed E-state index contributed by atoms with van der Waals surface area (Å²) in [7, 11) is 0. The van der Waals surface area contributed by atoms with E-state index >= 15 is 0 Å². The van der Waals surface area contributed by atoms with Crippen LogP contribution >= 0.6 is 11.6 Å². The summed E-state index contributed by atoms with van der Waals surface area (Å²) in [5.74, 6) is 0.528. The van der Waals surface area contributed by atoms with Gasteiger partial charge in [0.2, 0.25) is 5.82 Å². The Bertz CT molecular complexity index is 581. The zero-order valence-corrected chi connectivity index (χ0v) is 11.3. The summed E-state index contributed by atoms with van der Waals surface area (Å²) in [6.07, 6.45) is 0. The van der Waals surface area contributed by atoms with Gasteiger partial charge in [0.25, 0.3) is 0 Å². The van der Waals surface area contributed by atoms with Crippen LogP contribution in [0, 0.1) is 5.41 Å². The second kappa shape index (κ2) is 4.83. The van der Waals surface area contributed by atoms with Crippen molar-refractivity contribution in [3.05, 3.63) is 29.3 Å². The zero-order chi connectivity index (χ0) is 13.3. The summed E-state index contributed by atoms with van der Waals surface area (Å²) >= 11 is 5.93. The average Bonchev–Trinajstić information content (AvgIpc) is 2.83. The first-order chi connectivity index (χ1) is 9.15. The van der Waals surface area contributed by atoms with E-state index in [4.69, 9.17) is 20.9 Å². The van der Waals surface area contributed by atoms with Gasteiger partial charge in [-0.3, -0.25) is 0 Å². The van der Waals surface area contributed by atoms with Gasteiger partial charge in [-0.05, 0) is 12.1 Å². The number of rotatable bonds is 4. The second-order valence-corrected chi connectivity index (χ2v) is 5.53. The van der Waals surface area contributed by atoms with Gasteiger partial charge in [0, 0.05) is 22.5 Å². The molecule has 1 fully saturated rings. The highest BCUT2D eigenvalue weighted by atomic mass is 35.5. The van der Waals surface area contributed by atoms with Crippen LogP contribution in [0.5, 0.6) is 0 Å². The number of hydrogen-bond acceptors (Lipinski definition) is 5. The van der Waals surface area contributed by atoms with Crippen molar-refractivity contribution in [1.29, 1.82) is 0 Å². The van der Waals surface area contributed by atoms with Gasteiger partial charge in [-0.15, -0.1) is 0 Å². The van der Waals surface area contributed by atoms with Crippen molar-refractivity contribution in [1.82, 2.24) is 10.1 Å². The Balaban J connectivity index is 1.69. The van der Waals surface area contributed by atoms with Crippen LogP contribution in [0.1, 0.15) is 6.92 Å². The fourth-order valence-corrected chi connectivity index (χ4v) is 2.07. The molecule has 100 valence electrons. The van der Waals surface area contributed by atoms with E-state index in [-0.39, 0.29) is 5.41 Å². The van der Waals surface area contributed by atoms with Gasteiger partial charge in [0.1, 0.15) is 0 Å². The van der Waals surface area contributed by atoms with Gasteiger partial charge >= 0.3 is 6.01 Å². The normalized spacial score (nSPS) is 16.9. The quantitative estimate of drug-likeness (QED) is 0.932. The highest BCUT2D eigenvalue weighted by Crippen LogP contribution is 2.27. The summed E-state index contributed by atoms with van der Waals surface area (Å²) in [4.78, 5) is 4.29. The smallest absolute Gasteiger partial charge is 0.321 e. The molecule has 0 spiro atoms. The Morgan fingerprint density at radius 3 is 2.95 bits per heavy atom. The minimum absolute atomic E-state index is 0.157. The topological polar surface area (TPSA) is 60.2 Å². The lowest BCUT2D eigenvalue weighted by Crippen LogP contribution is -2.45. The largest absolute Gasteiger partial charge is 0.380 e. The molecule has 2 heterocycles. The van der Waals surface area contributed by atoms with Crippen LogP contribution in [-0.4, -0.2) is 29.9 Å². The van der Waals surface area contributed by atoms with E-state index in [9.17, 15) is 0 Å². The van der Waals surface area contributed by atoms with Crippen molar-refractivity contribution in [2.24, 2.45) is 5.41 Å². The van der Waals surface area contributed by atoms with E-state index in [0.29, 0.717) is 16.9 Å². The first-order valence-electron chi connectivity index (χ1n) is 6.06. The highest BCUT2D eigenvalue weighted by molar-refractivity contribution is 6.30. The van der Waals surface area contributed by atoms with Crippen molar-refractivity contribution in [3.63, 3.8) is 0 Å². The first-order valence-corrected chi connectivity index (χ1v) is 6.44. The predicted molar refractivity (Wildman–Crippen MR) is 72.2 cm³/mol. The van der Waals surface area contributed by atoms with Crippen LogP contribution in [0.3, 0.4) is 0 Å². The fourth-order valence-electron chi connectivity index (χ4n) is 1.88. The molecule has 0 saturated carbocycles. The van der Waals surface area contributed by atoms with E-state index in [0.717, 1.165) is 25.3 Å². The summed E-state index contributed by atoms with van der Waals surface area (Å²) in [6.45, 7) is 4.42. The first kappa shape index (κ1) is 12.4. The van der Waals surface area contributed by atoms with Crippen LogP contribution in [-0.2, 0) is 4.74 Å². The summed E-state index contributed by atoms with van der Waals surface area (Å²) in [5, 5.41) is 7.72. The Hall–Kier alpha value is -1.59. The van der Waals surface area contributed by atoms with Crippen molar-refractivity contribution >= 4 is 17.6 Å². The third-order valence-corrected chi connectivity index (χ3v) is 3.31. The minimum Gasteiger partial charge on any atom is -0.380 e. The maximum Gasteiger partial charge on any atom is 0.321 e. The SMILES string of the molecule is CC1(CNc2nc(-c3cccc(Cl)c3)no2)COC1. The Morgan fingerprint density at radius 2 is 2.26 bits per heavy atom. The molecule has 1 aliphatic heterocycles. The zero-order valence-electron chi connectivity index (χ0n) is 10.5. The van der Waals surface area contributed by atoms with Gasteiger partial charge in [-0.1, -0.05) is 35.8 Å². The molecule has 1 aromatic heterocycles. The molecule has 0 unspecified atom stereocenters. The van der Waals surface area contributed by atoms with Crippen LogP contribution < -0.4 is 5.32 Å². The maximum absolute atomic E-state index is 5.93. The van der Waals surface area contributed by atoms with E-state index in [1.807, 2.05) is 18.2 Å². The minimum atomic E-state index is 0.157. The average molecular weight is 280 g/mol. The van der Waals surface area contributed by atoms with Gasteiger partial charge in [0.15, 0.2) is 0 Å². The van der Waals surface area contributed by atoms with Gasteiger partial charge < -0.3 is 14.6 Å². The number of ether oxygens (including phenoxy) is 1. The number of halogens is 1. The van der Waals surface area contributed by atoms with Gasteiger partial charge in [-0.2, -0.15) is 4.98 Å². The van der Waals surface area contributed by atoms with Crippen LogP contribution in [0.2, 0.25) is 5.02 Å². The second-order valence-electron chi connectivity index (χ2n) is 5.09. The molecule has 0 amide bonds. The van der Waals surface area contributed by atoms with Crippen molar-refractivity contribution in [2.75, 3.05) is 25.1 Å². The third kappa shape index (κ3) is 2.72. The van der Waals surface area contributed by atoms with Crippen molar-refractivity contribution in [3.8, 4) is 11.4 Å². The lowest BCUT2D eigenvalue weighted by Gasteiger charge is -2.37. The molecule has 1 aromatic carbocycles. The lowest BCUT2D eigenvalue weighted by molar-refractivity contribution is -0.0926.